The maximum absolute atomic E-state index is 14.3. The third-order valence-electron chi connectivity index (χ3n) is 5.62. The van der Waals surface area contributed by atoms with E-state index in [4.69, 9.17) is 5.73 Å². The van der Waals surface area contributed by atoms with Crippen molar-refractivity contribution in [3.63, 3.8) is 0 Å². The van der Waals surface area contributed by atoms with Crippen LogP contribution in [-0.4, -0.2) is 39.6 Å². The van der Waals surface area contributed by atoms with Gasteiger partial charge in [0.1, 0.15) is 23.3 Å². The van der Waals surface area contributed by atoms with Crippen LogP contribution < -0.4 is 5.73 Å². The van der Waals surface area contributed by atoms with E-state index in [1.54, 1.807) is 6.07 Å². The van der Waals surface area contributed by atoms with Crippen LogP contribution in [0.25, 0.3) is 22.3 Å². The summed E-state index contributed by atoms with van der Waals surface area (Å²) in [5.74, 6) is -3.13. The highest BCUT2D eigenvalue weighted by Crippen LogP contribution is 2.36. The van der Waals surface area contributed by atoms with Crippen LogP contribution in [0.5, 0.6) is 0 Å². The summed E-state index contributed by atoms with van der Waals surface area (Å²) in [6.45, 7) is 1.88. The van der Waals surface area contributed by atoms with Crippen molar-refractivity contribution < 1.29 is 22.0 Å². The lowest BCUT2D eigenvalue weighted by Gasteiger charge is -2.11. The maximum Gasteiger partial charge on any atom is 0.451 e. The average molecular weight is 501 g/mol. The minimum absolute atomic E-state index is 0.0131. The molecule has 9 nitrogen and oxygen atoms in total. The number of hydrogen-bond acceptors (Lipinski definition) is 7. The first kappa shape index (κ1) is 23.3. The molecule has 0 aliphatic carbocycles. The van der Waals surface area contributed by atoms with E-state index in [1.807, 2.05) is 6.92 Å². The topological polar surface area (TPSA) is 113 Å². The molecule has 0 radical (unpaired) electrons. The normalized spacial score (nSPS) is 12.8. The van der Waals surface area contributed by atoms with Gasteiger partial charge in [0, 0.05) is 35.5 Å². The molecule has 184 valence electrons. The molecule has 2 N–H and O–H groups in total. The van der Waals surface area contributed by atoms with Gasteiger partial charge in [0.2, 0.25) is 5.82 Å². The number of aromatic nitrogens is 8. The molecule has 36 heavy (non-hydrogen) atoms. The highest BCUT2D eigenvalue weighted by atomic mass is 19.4. The molecule has 4 heterocycles. The standard InChI is InChI=1S/C22H16F5N9/c1-2-13(16-9-35(34-33-16)17-4-3-12(23)5-15(17)24)18-6-14(19-20(28)31-10-32-36(18)19)11-7-29-21(30-8-11)22(25,26)27/h3-10,13H,2H2,1H3,(H2,28,31,32)/t13-/m0/s1. The van der Waals surface area contributed by atoms with E-state index < -0.39 is 29.6 Å². The molecule has 0 spiro atoms. The predicted molar refractivity (Wildman–Crippen MR) is 117 cm³/mol. The number of nitrogens with two attached hydrogens (primary N) is 1. The fourth-order valence-electron chi connectivity index (χ4n) is 3.97. The SMILES string of the molecule is CC[C@@H](c1cn(-c2ccc(F)cc2F)nn1)c1cc(-c2cnc(C(F)(F)F)nc2)c2c(N)ncnn12. The minimum Gasteiger partial charge on any atom is -0.382 e. The Morgan fingerprint density at radius 1 is 1.06 bits per heavy atom. The van der Waals surface area contributed by atoms with Gasteiger partial charge in [0.25, 0.3) is 0 Å². The van der Waals surface area contributed by atoms with Crippen molar-refractivity contribution in [2.45, 2.75) is 25.4 Å². The smallest absolute Gasteiger partial charge is 0.382 e. The molecule has 0 amide bonds. The minimum atomic E-state index is -4.68. The van der Waals surface area contributed by atoms with E-state index in [2.05, 4.69) is 30.4 Å². The lowest BCUT2D eigenvalue weighted by Crippen LogP contribution is -2.10. The molecule has 0 saturated heterocycles. The van der Waals surface area contributed by atoms with Gasteiger partial charge in [-0.3, -0.25) is 0 Å². The van der Waals surface area contributed by atoms with Gasteiger partial charge in [-0.2, -0.15) is 18.3 Å². The first-order valence-corrected chi connectivity index (χ1v) is 10.6. The van der Waals surface area contributed by atoms with Crippen LogP contribution in [-0.2, 0) is 6.18 Å². The largest absolute Gasteiger partial charge is 0.451 e. The molecule has 4 aromatic heterocycles. The van der Waals surface area contributed by atoms with E-state index in [0.717, 1.165) is 24.5 Å². The lowest BCUT2D eigenvalue weighted by molar-refractivity contribution is -0.144. The molecule has 14 heteroatoms. The Morgan fingerprint density at radius 3 is 2.47 bits per heavy atom. The molecule has 0 bridgehead atoms. The number of rotatable bonds is 5. The summed E-state index contributed by atoms with van der Waals surface area (Å²) in [7, 11) is 0. The van der Waals surface area contributed by atoms with Crippen molar-refractivity contribution in [1.29, 1.82) is 0 Å². The van der Waals surface area contributed by atoms with Crippen LogP contribution in [0.4, 0.5) is 27.8 Å². The van der Waals surface area contributed by atoms with Gasteiger partial charge in [-0.05, 0) is 24.6 Å². The quantitative estimate of drug-likeness (QED) is 0.360. The van der Waals surface area contributed by atoms with Gasteiger partial charge in [-0.15, -0.1) is 5.10 Å². The molecule has 5 rings (SSSR count). The Balaban J connectivity index is 1.61. The van der Waals surface area contributed by atoms with Crippen LogP contribution in [0.1, 0.15) is 36.5 Å². The summed E-state index contributed by atoms with van der Waals surface area (Å²) in [6, 6.07) is 4.79. The summed E-state index contributed by atoms with van der Waals surface area (Å²) in [5, 5.41) is 12.4. The number of anilines is 1. The zero-order valence-corrected chi connectivity index (χ0v) is 18.4. The van der Waals surface area contributed by atoms with E-state index in [1.165, 1.54) is 27.8 Å². The van der Waals surface area contributed by atoms with Crippen LogP contribution in [0.15, 0.2) is 49.2 Å². The summed E-state index contributed by atoms with van der Waals surface area (Å²) < 4.78 is 69.0. The molecule has 0 aliphatic heterocycles. The van der Waals surface area contributed by atoms with Crippen LogP contribution in [0, 0.1) is 11.6 Å². The third kappa shape index (κ3) is 3.99. The molecule has 0 aliphatic rings. The number of nitrogen functional groups attached to an aromatic ring is 1. The van der Waals surface area contributed by atoms with E-state index in [0.29, 0.717) is 28.9 Å². The number of hydrogen-bond donors (Lipinski definition) is 1. The van der Waals surface area contributed by atoms with Crippen molar-refractivity contribution in [3.05, 3.63) is 78.0 Å². The second kappa shape index (κ2) is 8.62. The highest BCUT2D eigenvalue weighted by Gasteiger charge is 2.34. The van der Waals surface area contributed by atoms with Crippen molar-refractivity contribution >= 4 is 11.3 Å². The van der Waals surface area contributed by atoms with Gasteiger partial charge in [0.05, 0.1) is 17.6 Å². The molecule has 0 unspecified atom stereocenters. The van der Waals surface area contributed by atoms with Crippen LogP contribution in [0.3, 0.4) is 0 Å². The Labute approximate surface area is 199 Å². The third-order valence-corrected chi connectivity index (χ3v) is 5.62. The van der Waals surface area contributed by atoms with Gasteiger partial charge in [-0.25, -0.2) is 32.9 Å². The summed E-state index contributed by atoms with van der Waals surface area (Å²) >= 11 is 0. The Morgan fingerprint density at radius 2 is 1.81 bits per heavy atom. The van der Waals surface area contributed by atoms with Crippen molar-refractivity contribution in [1.82, 2.24) is 39.6 Å². The van der Waals surface area contributed by atoms with Gasteiger partial charge < -0.3 is 5.73 Å². The summed E-state index contributed by atoms with van der Waals surface area (Å²) in [6.07, 6.45) is 0.679. The van der Waals surface area contributed by atoms with Crippen molar-refractivity contribution in [3.8, 4) is 16.8 Å². The summed E-state index contributed by atoms with van der Waals surface area (Å²) in [5.41, 5.74) is 8.20. The molecule has 5 aromatic rings. The second-order valence-electron chi connectivity index (χ2n) is 7.83. The number of halogens is 5. The zero-order valence-electron chi connectivity index (χ0n) is 18.4. The lowest BCUT2D eigenvalue weighted by atomic mass is 9.98. The molecule has 0 saturated carbocycles. The fraction of sp³-hybridized carbons (Fsp3) is 0.182. The molecular weight excluding hydrogens is 485 g/mol. The number of fused-ring (bicyclic) bond motifs is 1. The molecule has 1 aromatic carbocycles. The van der Waals surface area contributed by atoms with Gasteiger partial charge >= 0.3 is 6.18 Å². The van der Waals surface area contributed by atoms with Gasteiger partial charge in [0.15, 0.2) is 11.6 Å². The maximum atomic E-state index is 14.3. The average Bonchev–Trinajstić information content (AvgIpc) is 3.46. The Hall–Kier alpha value is -4.49. The van der Waals surface area contributed by atoms with Gasteiger partial charge in [-0.1, -0.05) is 12.1 Å². The molecular formula is C22H16F5N9. The zero-order chi connectivity index (χ0) is 25.6. The van der Waals surface area contributed by atoms with E-state index in [9.17, 15) is 22.0 Å². The number of benzene rings is 1. The first-order valence-electron chi connectivity index (χ1n) is 10.6. The second-order valence-corrected chi connectivity index (χ2v) is 7.83. The van der Waals surface area contributed by atoms with E-state index >= 15 is 0 Å². The van der Waals surface area contributed by atoms with Crippen LogP contribution in [0.2, 0.25) is 0 Å². The molecule has 1 atom stereocenters. The van der Waals surface area contributed by atoms with E-state index in [-0.39, 0.29) is 17.1 Å². The Bertz CT molecular complexity index is 1560. The summed E-state index contributed by atoms with van der Waals surface area (Å²) in [4.78, 5) is 10.9. The van der Waals surface area contributed by atoms with Crippen molar-refractivity contribution in [2.24, 2.45) is 0 Å². The monoisotopic (exact) mass is 501 g/mol. The number of nitrogens with zero attached hydrogens (tertiary/aromatic N) is 8. The highest BCUT2D eigenvalue weighted by molar-refractivity contribution is 5.88. The molecule has 0 fully saturated rings. The fourth-order valence-corrected chi connectivity index (χ4v) is 3.97. The Kier molecular flexibility index (Phi) is 5.57. The predicted octanol–water partition coefficient (Wildman–Crippen LogP) is 4.19. The number of alkyl halides is 3. The van der Waals surface area contributed by atoms with Crippen molar-refractivity contribution in [2.75, 3.05) is 5.73 Å². The van der Waals surface area contributed by atoms with Crippen LogP contribution >= 0.6 is 0 Å². The first-order chi connectivity index (χ1) is 17.2.